The van der Waals surface area contributed by atoms with Crippen molar-refractivity contribution in [2.45, 2.75) is 70.6 Å². The van der Waals surface area contributed by atoms with Gasteiger partial charge in [0.15, 0.2) is 9.54 Å². The first-order valence-electron chi connectivity index (χ1n) is 13.2. The highest BCUT2D eigenvalue weighted by molar-refractivity contribution is 8.40. The van der Waals surface area contributed by atoms with E-state index >= 15 is 0 Å². The van der Waals surface area contributed by atoms with Crippen molar-refractivity contribution in [1.82, 2.24) is 10.6 Å². The number of nitrogens with one attached hydrogen (secondary N) is 3. The van der Waals surface area contributed by atoms with E-state index < -0.39 is 16.9 Å². The highest BCUT2D eigenvalue weighted by Crippen LogP contribution is 2.28. The summed E-state index contributed by atoms with van der Waals surface area (Å²) >= 11 is 12.6. The highest BCUT2D eigenvalue weighted by Gasteiger charge is 2.18. The van der Waals surface area contributed by atoms with Gasteiger partial charge in [-0.2, -0.15) is 10.1 Å². The molecule has 0 saturated heterocycles. The molecule has 12 nitrogen and oxygen atoms in total. The molecule has 2 rings (SSSR count). The topological polar surface area (TPSA) is 196 Å². The van der Waals surface area contributed by atoms with Crippen LogP contribution in [0, 0.1) is 5.41 Å². The lowest BCUT2D eigenvalue weighted by Crippen LogP contribution is -2.30. The Kier molecular flexibility index (Phi) is 15.9. The van der Waals surface area contributed by atoms with Gasteiger partial charge in [-0.1, -0.05) is 48.9 Å². The smallest absolute Gasteiger partial charge is 0.248 e. The minimum Gasteiger partial charge on any atom is -0.378 e. The van der Waals surface area contributed by atoms with Crippen LogP contribution in [0.15, 0.2) is 28.3 Å². The predicted molar refractivity (Wildman–Crippen MR) is 167 cm³/mol. The van der Waals surface area contributed by atoms with Crippen molar-refractivity contribution in [3.63, 3.8) is 0 Å². The fraction of sp³-hybridized carbons (Fsp3) is 0.520. The maximum absolute atomic E-state index is 12.2. The van der Waals surface area contributed by atoms with Crippen molar-refractivity contribution < 1.29 is 18.6 Å². The molecule has 226 valence electrons. The van der Waals surface area contributed by atoms with E-state index in [0.717, 1.165) is 37.8 Å². The summed E-state index contributed by atoms with van der Waals surface area (Å²) in [5.41, 5.74) is 6.33. The Hall–Kier alpha value is -2.52. The molecule has 41 heavy (non-hydrogen) atoms. The minimum absolute atomic E-state index is 0.0340. The standard InChI is InChI=1S/C25H36Cl2N8O4S2/c26-18-12-11-17(16-19(18)27)35-15-13-20(34-35)32-22(37)10-7-14-31-21(36)8-5-3-1-2-4-6-9-23(38)33-24(28)40-25(29)41(30)39/h11-12,16,29H,1-10,13-15,30H2,(H,31,36)(H2,28,33,38)(H,32,34,37). The first-order chi connectivity index (χ1) is 19.5. The third-order valence-corrected chi connectivity index (χ3v) is 8.18. The van der Waals surface area contributed by atoms with Crippen LogP contribution in [0.25, 0.3) is 0 Å². The molecule has 1 unspecified atom stereocenters. The quantitative estimate of drug-likeness (QED) is 0.115. The fourth-order valence-electron chi connectivity index (χ4n) is 3.77. The number of halogens is 2. The molecule has 1 aliphatic heterocycles. The normalized spacial score (nSPS) is 14.0. The zero-order chi connectivity index (χ0) is 30.2. The number of nitrogens with two attached hydrogens (primary N) is 2. The van der Waals surface area contributed by atoms with Gasteiger partial charge >= 0.3 is 0 Å². The number of nitrogens with zero attached hydrogens (tertiary/aromatic N) is 3. The lowest BCUT2D eigenvalue weighted by atomic mass is 10.1. The Balaban J connectivity index is 1.47. The van der Waals surface area contributed by atoms with Gasteiger partial charge in [0.05, 0.1) is 15.7 Å². The lowest BCUT2D eigenvalue weighted by molar-refractivity contribution is -0.122. The summed E-state index contributed by atoms with van der Waals surface area (Å²) in [7, 11) is -1.95. The van der Waals surface area contributed by atoms with E-state index in [4.69, 9.17) is 39.5 Å². The van der Waals surface area contributed by atoms with Crippen LogP contribution in [0.1, 0.15) is 70.6 Å². The van der Waals surface area contributed by atoms with Gasteiger partial charge < -0.3 is 16.4 Å². The lowest BCUT2D eigenvalue weighted by Gasteiger charge is -2.13. The van der Waals surface area contributed by atoms with E-state index in [1.807, 2.05) is 6.07 Å². The molecule has 0 aliphatic carbocycles. The predicted octanol–water partition coefficient (Wildman–Crippen LogP) is 3.78. The second-order valence-electron chi connectivity index (χ2n) is 9.17. The largest absolute Gasteiger partial charge is 0.378 e. The Morgan fingerprint density at radius 3 is 2.37 bits per heavy atom. The first-order valence-corrected chi connectivity index (χ1v) is 16.0. The number of amides is 3. The van der Waals surface area contributed by atoms with Crippen LogP contribution in [0.3, 0.4) is 0 Å². The molecule has 1 heterocycles. The summed E-state index contributed by atoms with van der Waals surface area (Å²) in [5.74, 6) is 0.0239. The molecular weight excluding hydrogens is 611 g/mol. The van der Waals surface area contributed by atoms with Crippen LogP contribution in [0.4, 0.5) is 5.69 Å². The number of benzene rings is 1. The summed E-state index contributed by atoms with van der Waals surface area (Å²) in [4.78, 5) is 39.7. The molecule has 0 bridgehead atoms. The van der Waals surface area contributed by atoms with Crippen LogP contribution in [0.2, 0.25) is 10.0 Å². The maximum Gasteiger partial charge on any atom is 0.248 e. The van der Waals surface area contributed by atoms with Gasteiger partial charge in [0, 0.05) is 38.8 Å². The molecule has 1 aliphatic rings. The van der Waals surface area contributed by atoms with Crippen molar-refractivity contribution in [1.29, 1.82) is 5.41 Å². The van der Waals surface area contributed by atoms with Crippen LogP contribution in [-0.2, 0) is 25.4 Å². The van der Waals surface area contributed by atoms with Gasteiger partial charge in [-0.3, -0.25) is 24.8 Å². The summed E-state index contributed by atoms with van der Waals surface area (Å²) in [5, 5.41) is 25.0. The molecule has 0 radical (unpaired) electrons. The second kappa shape index (κ2) is 18.8. The molecule has 1 atom stereocenters. The van der Waals surface area contributed by atoms with E-state index in [9.17, 15) is 18.6 Å². The van der Waals surface area contributed by atoms with Crippen molar-refractivity contribution in [2.24, 2.45) is 21.0 Å². The number of thioether (sulfide) groups is 1. The molecule has 0 fully saturated rings. The number of carbonyl (C=O) groups excluding carboxylic acids is 3. The molecule has 1 aromatic carbocycles. The number of carbonyl (C=O) groups is 3. The minimum atomic E-state index is -1.95. The summed E-state index contributed by atoms with van der Waals surface area (Å²) in [6.07, 6.45) is 7.18. The third kappa shape index (κ3) is 14.3. The molecular formula is C25H36Cl2N8O4S2. The van der Waals surface area contributed by atoms with Crippen molar-refractivity contribution in [3.8, 4) is 0 Å². The van der Waals surface area contributed by atoms with Crippen molar-refractivity contribution in [3.05, 3.63) is 28.2 Å². The number of rotatable bonds is 14. The Bertz CT molecular complexity index is 1180. The zero-order valence-electron chi connectivity index (χ0n) is 22.6. The number of unbranched alkanes of at least 4 members (excludes halogenated alkanes) is 5. The molecule has 3 amide bonds. The molecule has 0 saturated carbocycles. The average molecular weight is 648 g/mol. The summed E-state index contributed by atoms with van der Waals surface area (Å²) < 4.78 is 10.5. The van der Waals surface area contributed by atoms with Crippen molar-refractivity contribution in [2.75, 3.05) is 18.1 Å². The average Bonchev–Trinajstić information content (AvgIpc) is 3.37. The third-order valence-electron chi connectivity index (χ3n) is 5.85. The Morgan fingerprint density at radius 1 is 1.02 bits per heavy atom. The first kappa shape index (κ1) is 34.7. The van der Waals surface area contributed by atoms with E-state index in [-0.39, 0.29) is 34.2 Å². The molecule has 1 aromatic rings. The van der Waals surface area contributed by atoms with Crippen LogP contribution in [-0.4, -0.2) is 50.4 Å². The van der Waals surface area contributed by atoms with Crippen LogP contribution >= 0.6 is 35.0 Å². The number of hydrazone groups is 1. The Labute approximate surface area is 256 Å². The van der Waals surface area contributed by atoms with Gasteiger partial charge in [-0.05, 0) is 49.2 Å². The van der Waals surface area contributed by atoms with Gasteiger partial charge in [0.2, 0.25) is 17.7 Å². The fourth-order valence-corrected chi connectivity index (χ4v) is 4.99. The van der Waals surface area contributed by atoms with Gasteiger partial charge in [-0.15, -0.1) is 0 Å². The number of amidine groups is 2. The SMILES string of the molecule is N=C(SC(N)=NC(=O)CCCCCCCCC(=O)NCCCC(=O)NC1=NN(c2ccc(Cl)c(Cl)c2)CC1)S(N)=O. The van der Waals surface area contributed by atoms with E-state index in [1.165, 1.54) is 0 Å². The number of aliphatic imine (C=N–C) groups is 1. The number of hydrogen-bond donors (Lipinski definition) is 5. The molecule has 7 N–H and O–H groups in total. The van der Waals surface area contributed by atoms with Gasteiger partial charge in [-0.25, -0.2) is 9.35 Å². The molecule has 0 aromatic heterocycles. The van der Waals surface area contributed by atoms with E-state index in [2.05, 4.69) is 20.7 Å². The van der Waals surface area contributed by atoms with Gasteiger partial charge in [0.25, 0.3) is 0 Å². The van der Waals surface area contributed by atoms with Crippen LogP contribution in [0.5, 0.6) is 0 Å². The van der Waals surface area contributed by atoms with Crippen molar-refractivity contribution >= 4 is 84.7 Å². The van der Waals surface area contributed by atoms with E-state index in [1.54, 1.807) is 17.1 Å². The molecule has 0 spiro atoms. The molecule has 16 heteroatoms. The zero-order valence-corrected chi connectivity index (χ0v) is 25.8. The number of hydrogen-bond acceptors (Lipinski definition) is 8. The summed E-state index contributed by atoms with van der Waals surface area (Å²) in [6.45, 7) is 1.06. The Morgan fingerprint density at radius 2 is 1.68 bits per heavy atom. The number of anilines is 1. The highest BCUT2D eigenvalue weighted by atomic mass is 35.5. The maximum atomic E-state index is 12.2. The van der Waals surface area contributed by atoms with Crippen LogP contribution < -0.4 is 26.5 Å². The summed E-state index contributed by atoms with van der Waals surface area (Å²) in [6, 6.07) is 5.25. The van der Waals surface area contributed by atoms with E-state index in [0.29, 0.717) is 66.4 Å². The monoisotopic (exact) mass is 646 g/mol. The van der Waals surface area contributed by atoms with Gasteiger partial charge in [0.1, 0.15) is 16.8 Å². The second-order valence-corrected chi connectivity index (χ2v) is 12.3.